The highest BCUT2D eigenvalue weighted by Gasteiger charge is 2.19. The van der Waals surface area contributed by atoms with Crippen LogP contribution in [0.25, 0.3) is 0 Å². The predicted octanol–water partition coefficient (Wildman–Crippen LogP) is 3.52. The molecule has 8 heteroatoms. The summed E-state index contributed by atoms with van der Waals surface area (Å²) in [6.07, 6.45) is 3.28. The zero-order chi connectivity index (χ0) is 19.4. The number of carbonyl (C=O) groups is 1. The van der Waals surface area contributed by atoms with Crippen molar-refractivity contribution in [3.8, 4) is 0 Å². The molecule has 3 aromatic heterocycles. The van der Waals surface area contributed by atoms with E-state index in [9.17, 15) is 4.79 Å². The Morgan fingerprint density at radius 1 is 1.41 bits per heavy atom. The number of furan rings is 1. The van der Waals surface area contributed by atoms with Gasteiger partial charge in [0.1, 0.15) is 12.1 Å². The van der Waals surface area contributed by atoms with Gasteiger partial charge in [-0.3, -0.25) is 4.79 Å². The Hall–Kier alpha value is -2.32. The number of methoxy groups -OCH3 is 1. The van der Waals surface area contributed by atoms with E-state index < -0.39 is 0 Å². The number of Topliss-reactive ketones (excluding diaryl/α,β-unsaturated/α-hetero) is 1. The quantitative estimate of drug-likeness (QED) is 0.412. The maximum atomic E-state index is 12.8. The largest absolute Gasteiger partial charge is 0.467 e. The van der Waals surface area contributed by atoms with Crippen LogP contribution in [0, 0.1) is 13.8 Å². The van der Waals surface area contributed by atoms with Crippen LogP contribution >= 0.6 is 11.8 Å². The number of ether oxygens (including phenoxy) is 1. The Morgan fingerprint density at radius 3 is 2.93 bits per heavy atom. The Kier molecular flexibility index (Phi) is 6.18. The van der Waals surface area contributed by atoms with E-state index in [0.29, 0.717) is 24.1 Å². The average molecular weight is 388 g/mol. The Morgan fingerprint density at radius 2 is 2.22 bits per heavy atom. The lowest BCUT2D eigenvalue weighted by Crippen LogP contribution is -2.14. The summed E-state index contributed by atoms with van der Waals surface area (Å²) >= 11 is 1.39. The Balaban J connectivity index is 1.69. The molecule has 0 aromatic carbocycles. The summed E-state index contributed by atoms with van der Waals surface area (Å²) in [7, 11) is 1.69. The van der Waals surface area contributed by atoms with Gasteiger partial charge in [-0.15, -0.1) is 10.2 Å². The lowest BCUT2D eigenvalue weighted by molar-refractivity contribution is 0.102. The van der Waals surface area contributed by atoms with Crippen LogP contribution in [-0.2, 0) is 11.3 Å². The first-order valence-electron chi connectivity index (χ1n) is 8.74. The highest BCUT2D eigenvalue weighted by molar-refractivity contribution is 7.99. The fourth-order valence-corrected chi connectivity index (χ4v) is 4.09. The van der Waals surface area contributed by atoms with Crippen molar-refractivity contribution < 1.29 is 13.9 Å². The Labute approximate surface area is 162 Å². The smallest absolute Gasteiger partial charge is 0.191 e. The van der Waals surface area contributed by atoms with E-state index in [1.54, 1.807) is 19.7 Å². The Bertz CT molecular complexity index is 898. The maximum Gasteiger partial charge on any atom is 0.191 e. The number of thioether (sulfide) groups is 1. The maximum absolute atomic E-state index is 12.8. The van der Waals surface area contributed by atoms with Crippen LogP contribution in [-0.4, -0.2) is 44.6 Å². The van der Waals surface area contributed by atoms with Crippen molar-refractivity contribution in [1.29, 1.82) is 0 Å². The minimum Gasteiger partial charge on any atom is -0.467 e. The van der Waals surface area contributed by atoms with Gasteiger partial charge in [-0.1, -0.05) is 11.8 Å². The summed E-state index contributed by atoms with van der Waals surface area (Å²) in [4.78, 5) is 12.8. The third-order valence-electron chi connectivity index (χ3n) is 4.45. The predicted molar refractivity (Wildman–Crippen MR) is 103 cm³/mol. The summed E-state index contributed by atoms with van der Waals surface area (Å²) in [6.45, 7) is 7.23. The first-order valence-corrected chi connectivity index (χ1v) is 9.73. The van der Waals surface area contributed by atoms with Crippen molar-refractivity contribution in [2.24, 2.45) is 0 Å². The standard InChI is InChI=1S/C19H24N4O3S/c1-13-8-17(15(3)23(13)14(2)10-25-4)18(24)11-27-19-21-20-12-22(19)9-16-6-5-7-26-16/h5-8,12,14H,9-11H2,1-4H3. The molecule has 1 unspecified atom stereocenters. The molecule has 0 N–H and O–H groups in total. The molecular formula is C19H24N4O3S. The zero-order valence-electron chi connectivity index (χ0n) is 16.0. The van der Waals surface area contributed by atoms with Crippen LogP contribution < -0.4 is 0 Å². The molecule has 0 radical (unpaired) electrons. The number of rotatable bonds is 9. The highest BCUT2D eigenvalue weighted by atomic mass is 32.2. The molecule has 0 spiro atoms. The van der Waals surface area contributed by atoms with E-state index in [1.165, 1.54) is 11.8 Å². The minimum atomic E-state index is 0.0801. The normalized spacial score (nSPS) is 12.4. The van der Waals surface area contributed by atoms with E-state index in [2.05, 4.69) is 21.7 Å². The number of aryl methyl sites for hydroxylation is 1. The van der Waals surface area contributed by atoms with Gasteiger partial charge in [0.25, 0.3) is 0 Å². The molecule has 0 aliphatic carbocycles. The summed E-state index contributed by atoms with van der Waals surface area (Å²) in [5.41, 5.74) is 2.78. The van der Waals surface area contributed by atoms with Crippen molar-refractivity contribution in [3.05, 3.63) is 53.5 Å². The molecule has 0 bridgehead atoms. The third-order valence-corrected chi connectivity index (χ3v) is 5.43. The van der Waals surface area contributed by atoms with Crippen molar-refractivity contribution in [1.82, 2.24) is 19.3 Å². The molecule has 3 rings (SSSR count). The second-order valence-corrected chi connectivity index (χ2v) is 7.43. The van der Waals surface area contributed by atoms with E-state index in [1.807, 2.05) is 36.6 Å². The van der Waals surface area contributed by atoms with E-state index >= 15 is 0 Å². The molecule has 0 aliphatic rings. The molecule has 144 valence electrons. The van der Waals surface area contributed by atoms with Crippen molar-refractivity contribution >= 4 is 17.5 Å². The fraction of sp³-hybridized carbons (Fsp3) is 0.421. The molecule has 0 aliphatic heterocycles. The SMILES string of the molecule is COCC(C)n1c(C)cc(C(=O)CSc2nncn2Cc2ccco2)c1C. The van der Waals surface area contributed by atoms with Crippen LogP contribution in [0.15, 0.2) is 40.4 Å². The molecule has 3 heterocycles. The first-order chi connectivity index (χ1) is 13.0. The van der Waals surface area contributed by atoms with Crippen LogP contribution in [0.2, 0.25) is 0 Å². The van der Waals surface area contributed by atoms with Crippen LogP contribution in [0.1, 0.15) is 40.5 Å². The molecule has 27 heavy (non-hydrogen) atoms. The number of carbonyl (C=O) groups excluding carboxylic acids is 1. The van der Waals surface area contributed by atoms with Gasteiger partial charge < -0.3 is 18.3 Å². The van der Waals surface area contributed by atoms with Crippen LogP contribution in [0.4, 0.5) is 0 Å². The summed E-state index contributed by atoms with van der Waals surface area (Å²) < 4.78 is 14.6. The zero-order valence-corrected chi connectivity index (χ0v) is 16.8. The van der Waals surface area contributed by atoms with E-state index in [0.717, 1.165) is 22.7 Å². The van der Waals surface area contributed by atoms with Crippen molar-refractivity contribution in [3.63, 3.8) is 0 Å². The number of aromatic nitrogens is 4. The second kappa shape index (κ2) is 8.58. The topological polar surface area (TPSA) is 75.1 Å². The summed E-state index contributed by atoms with van der Waals surface area (Å²) in [5.74, 6) is 1.20. The highest BCUT2D eigenvalue weighted by Crippen LogP contribution is 2.24. The molecule has 7 nitrogen and oxygen atoms in total. The fourth-order valence-electron chi connectivity index (χ4n) is 3.30. The van der Waals surface area contributed by atoms with Crippen LogP contribution in [0.3, 0.4) is 0 Å². The molecule has 0 saturated heterocycles. The number of ketones is 1. The molecule has 0 saturated carbocycles. The van der Waals surface area contributed by atoms with Gasteiger partial charge in [-0.05, 0) is 39.0 Å². The summed E-state index contributed by atoms with van der Waals surface area (Å²) in [6, 6.07) is 5.88. The van der Waals surface area contributed by atoms with E-state index in [-0.39, 0.29) is 11.8 Å². The average Bonchev–Trinajstić information content (AvgIpc) is 3.35. The molecule has 0 amide bonds. The number of hydrogen-bond donors (Lipinski definition) is 0. The van der Waals surface area contributed by atoms with Gasteiger partial charge in [-0.25, -0.2) is 0 Å². The van der Waals surface area contributed by atoms with Crippen LogP contribution in [0.5, 0.6) is 0 Å². The molecule has 3 aromatic rings. The lowest BCUT2D eigenvalue weighted by atomic mass is 10.2. The number of hydrogen-bond acceptors (Lipinski definition) is 6. The number of nitrogens with zero attached hydrogens (tertiary/aromatic N) is 4. The monoisotopic (exact) mass is 388 g/mol. The van der Waals surface area contributed by atoms with Crippen molar-refractivity contribution in [2.45, 2.75) is 38.5 Å². The van der Waals surface area contributed by atoms with Gasteiger partial charge in [0.05, 0.1) is 31.2 Å². The van der Waals surface area contributed by atoms with Crippen molar-refractivity contribution in [2.75, 3.05) is 19.5 Å². The van der Waals surface area contributed by atoms with Gasteiger partial charge in [0.2, 0.25) is 0 Å². The van der Waals surface area contributed by atoms with Gasteiger partial charge in [-0.2, -0.15) is 0 Å². The van der Waals surface area contributed by atoms with Gasteiger partial charge >= 0.3 is 0 Å². The lowest BCUT2D eigenvalue weighted by Gasteiger charge is -2.17. The third kappa shape index (κ3) is 4.33. The minimum absolute atomic E-state index is 0.0801. The van der Waals surface area contributed by atoms with Gasteiger partial charge in [0, 0.05) is 24.1 Å². The second-order valence-electron chi connectivity index (χ2n) is 6.49. The van der Waals surface area contributed by atoms with Gasteiger partial charge in [0.15, 0.2) is 10.9 Å². The molecule has 1 atom stereocenters. The summed E-state index contributed by atoms with van der Waals surface area (Å²) in [5, 5.41) is 8.77. The van der Waals surface area contributed by atoms with E-state index in [4.69, 9.17) is 9.15 Å². The first kappa shape index (κ1) is 19.4. The molecule has 0 fully saturated rings. The molecular weight excluding hydrogens is 364 g/mol.